The van der Waals surface area contributed by atoms with Gasteiger partial charge in [0.05, 0.1) is 5.56 Å². The first-order chi connectivity index (χ1) is 14.2. The Bertz CT molecular complexity index is 792. The molecule has 0 N–H and O–H groups in total. The molecule has 0 atom stereocenters. The molecule has 1 aliphatic rings. The molecule has 0 unspecified atom stereocenters. The highest BCUT2D eigenvalue weighted by molar-refractivity contribution is 5.33. The van der Waals surface area contributed by atoms with Gasteiger partial charge in [-0.05, 0) is 79.5 Å². The summed E-state index contributed by atoms with van der Waals surface area (Å²) in [5.74, 6) is 0.406. The highest BCUT2D eigenvalue weighted by atomic mass is 19.4. The third-order valence-corrected chi connectivity index (χ3v) is 5.57. The number of ether oxygens (including phenoxy) is 2. The van der Waals surface area contributed by atoms with Gasteiger partial charge in [0.1, 0.15) is 11.5 Å². The van der Waals surface area contributed by atoms with Crippen molar-refractivity contribution in [2.75, 3.05) is 0 Å². The van der Waals surface area contributed by atoms with Gasteiger partial charge in [0.15, 0.2) is 0 Å². The Morgan fingerprint density at radius 1 is 0.767 bits per heavy atom. The van der Waals surface area contributed by atoms with Gasteiger partial charge in [-0.2, -0.15) is 8.78 Å². The van der Waals surface area contributed by atoms with Gasteiger partial charge in [0, 0.05) is 0 Å². The maximum Gasteiger partial charge on any atom is 0.573 e. The van der Waals surface area contributed by atoms with Crippen molar-refractivity contribution < 1.29 is 31.4 Å². The van der Waals surface area contributed by atoms with Gasteiger partial charge in [-0.1, -0.05) is 31.9 Å². The molecular weight excluding hydrogens is 403 g/mol. The quantitative estimate of drug-likeness (QED) is 0.419. The van der Waals surface area contributed by atoms with Gasteiger partial charge >= 0.3 is 12.5 Å². The lowest BCUT2D eigenvalue weighted by atomic mass is 9.77. The number of alkyl halides is 5. The molecule has 2 aromatic rings. The van der Waals surface area contributed by atoms with Gasteiger partial charge in [0.25, 0.3) is 0 Å². The predicted molar refractivity (Wildman–Crippen MR) is 104 cm³/mol. The van der Waals surface area contributed by atoms with Crippen LogP contribution in [0.3, 0.4) is 0 Å². The fraction of sp³-hybridized carbons (Fsp3) is 0.478. The maximum atomic E-state index is 14.5. The van der Waals surface area contributed by atoms with Crippen molar-refractivity contribution in [3.05, 3.63) is 59.7 Å². The highest BCUT2D eigenvalue weighted by Gasteiger charge is 2.35. The second-order valence-electron chi connectivity index (χ2n) is 7.77. The average Bonchev–Trinajstić information content (AvgIpc) is 2.69. The topological polar surface area (TPSA) is 18.5 Å². The van der Waals surface area contributed by atoms with Crippen LogP contribution in [-0.2, 0) is 6.11 Å². The molecule has 7 heteroatoms. The standard InChI is InChI=1S/C23H25F5O2/c1-2-3-16-4-6-17(7-5-16)18-8-10-19(11-9-18)22(24,25)29-20-12-14-21(15-13-20)30-23(26,27)28/h8-17H,2-7H2,1H3/t16-,17-. The molecule has 2 aromatic carbocycles. The van der Waals surface area contributed by atoms with Crippen LogP contribution in [0.5, 0.6) is 11.5 Å². The summed E-state index contributed by atoms with van der Waals surface area (Å²) < 4.78 is 74.0. The van der Waals surface area contributed by atoms with Gasteiger partial charge in [0.2, 0.25) is 0 Å². The molecule has 0 bridgehead atoms. The summed E-state index contributed by atoms with van der Waals surface area (Å²) in [6.07, 6.45) is -1.52. The minimum atomic E-state index is -4.84. The largest absolute Gasteiger partial charge is 0.573 e. The summed E-state index contributed by atoms with van der Waals surface area (Å²) in [6, 6.07) is 10.0. The Balaban J connectivity index is 1.61. The summed E-state index contributed by atoms with van der Waals surface area (Å²) in [6.45, 7) is 2.19. The molecule has 0 saturated heterocycles. The third kappa shape index (κ3) is 6.09. The number of benzene rings is 2. The third-order valence-electron chi connectivity index (χ3n) is 5.57. The van der Waals surface area contributed by atoms with Crippen molar-refractivity contribution >= 4 is 0 Å². The fourth-order valence-corrected chi connectivity index (χ4v) is 4.06. The van der Waals surface area contributed by atoms with Gasteiger partial charge in [-0.3, -0.25) is 0 Å². The molecule has 0 spiro atoms. The maximum absolute atomic E-state index is 14.5. The number of halogens is 5. The van der Waals surface area contributed by atoms with Crippen LogP contribution in [0.25, 0.3) is 0 Å². The molecule has 0 aromatic heterocycles. The van der Waals surface area contributed by atoms with Gasteiger partial charge < -0.3 is 9.47 Å². The molecule has 1 fully saturated rings. The fourth-order valence-electron chi connectivity index (χ4n) is 4.06. The van der Waals surface area contributed by atoms with Gasteiger partial charge in [-0.15, -0.1) is 13.2 Å². The van der Waals surface area contributed by atoms with E-state index in [1.54, 1.807) is 12.1 Å². The van der Waals surface area contributed by atoms with E-state index in [9.17, 15) is 22.0 Å². The second-order valence-corrected chi connectivity index (χ2v) is 7.77. The molecule has 1 saturated carbocycles. The lowest BCUT2D eigenvalue weighted by Gasteiger charge is -2.29. The molecular formula is C23H25F5O2. The van der Waals surface area contributed by atoms with Crippen molar-refractivity contribution in [3.63, 3.8) is 0 Å². The van der Waals surface area contributed by atoms with Crippen molar-refractivity contribution in [1.29, 1.82) is 0 Å². The van der Waals surface area contributed by atoms with Crippen LogP contribution in [-0.4, -0.2) is 6.36 Å². The van der Waals surface area contributed by atoms with E-state index in [2.05, 4.69) is 11.7 Å². The molecule has 0 heterocycles. The molecule has 0 amide bonds. The number of rotatable bonds is 7. The lowest BCUT2D eigenvalue weighted by Crippen LogP contribution is -2.22. The summed E-state index contributed by atoms with van der Waals surface area (Å²) >= 11 is 0. The van der Waals surface area contributed by atoms with E-state index in [1.165, 1.54) is 37.8 Å². The van der Waals surface area contributed by atoms with Crippen molar-refractivity contribution in [3.8, 4) is 11.5 Å². The Hall–Kier alpha value is -2.31. The van der Waals surface area contributed by atoms with Crippen LogP contribution in [0.15, 0.2) is 48.5 Å². The van der Waals surface area contributed by atoms with E-state index in [1.807, 2.05) is 0 Å². The SMILES string of the molecule is CCC[C@H]1CC[C@H](c2ccc(C(F)(F)Oc3ccc(OC(F)(F)F)cc3)cc2)CC1. The summed E-state index contributed by atoms with van der Waals surface area (Å²) in [5, 5.41) is 0. The van der Waals surface area contributed by atoms with Crippen LogP contribution >= 0.6 is 0 Å². The Morgan fingerprint density at radius 2 is 1.30 bits per heavy atom. The van der Waals surface area contributed by atoms with E-state index in [0.717, 1.165) is 48.6 Å². The molecule has 0 aliphatic heterocycles. The number of hydrogen-bond donors (Lipinski definition) is 0. The van der Waals surface area contributed by atoms with Crippen LogP contribution < -0.4 is 9.47 Å². The molecule has 1 aliphatic carbocycles. The van der Waals surface area contributed by atoms with E-state index < -0.39 is 18.2 Å². The van der Waals surface area contributed by atoms with Crippen LogP contribution in [0.2, 0.25) is 0 Å². The minimum absolute atomic E-state index is 0.257. The molecule has 0 radical (unpaired) electrons. The Morgan fingerprint density at radius 3 is 1.80 bits per heavy atom. The molecule has 164 valence electrons. The van der Waals surface area contributed by atoms with E-state index in [4.69, 9.17) is 4.74 Å². The van der Waals surface area contributed by atoms with Crippen LogP contribution in [0.1, 0.15) is 62.5 Å². The molecule has 3 rings (SSSR count). The number of hydrogen-bond acceptors (Lipinski definition) is 2. The normalized spacial score (nSPS) is 20.1. The van der Waals surface area contributed by atoms with Crippen LogP contribution in [0.4, 0.5) is 22.0 Å². The zero-order chi connectivity index (χ0) is 21.8. The van der Waals surface area contributed by atoms with Crippen molar-refractivity contribution in [1.82, 2.24) is 0 Å². The Labute approximate surface area is 173 Å². The Kier molecular flexibility index (Phi) is 6.88. The van der Waals surface area contributed by atoms with Crippen molar-refractivity contribution in [2.24, 2.45) is 5.92 Å². The van der Waals surface area contributed by atoms with E-state index in [0.29, 0.717) is 5.92 Å². The average molecular weight is 428 g/mol. The second kappa shape index (κ2) is 9.23. The van der Waals surface area contributed by atoms with Crippen molar-refractivity contribution in [2.45, 2.75) is 63.8 Å². The summed E-state index contributed by atoms with van der Waals surface area (Å²) in [4.78, 5) is 0. The molecule has 30 heavy (non-hydrogen) atoms. The first-order valence-electron chi connectivity index (χ1n) is 10.2. The zero-order valence-corrected chi connectivity index (χ0v) is 16.7. The lowest BCUT2D eigenvalue weighted by molar-refractivity contribution is -0.274. The first kappa shape index (κ1) is 22.4. The van der Waals surface area contributed by atoms with E-state index in [-0.39, 0.29) is 11.3 Å². The summed E-state index contributed by atoms with van der Waals surface area (Å²) in [5.41, 5.74) is 0.750. The van der Waals surface area contributed by atoms with Gasteiger partial charge in [-0.25, -0.2) is 0 Å². The van der Waals surface area contributed by atoms with E-state index >= 15 is 0 Å². The monoisotopic (exact) mass is 428 g/mol. The van der Waals surface area contributed by atoms with Crippen LogP contribution in [0, 0.1) is 5.92 Å². The highest BCUT2D eigenvalue weighted by Crippen LogP contribution is 2.39. The smallest absolute Gasteiger partial charge is 0.429 e. The predicted octanol–water partition coefficient (Wildman–Crippen LogP) is 7.79. The summed E-state index contributed by atoms with van der Waals surface area (Å²) in [7, 11) is 0. The molecule has 2 nitrogen and oxygen atoms in total. The minimum Gasteiger partial charge on any atom is -0.429 e. The zero-order valence-electron chi connectivity index (χ0n) is 16.7. The first-order valence-corrected chi connectivity index (χ1v) is 10.2.